The summed E-state index contributed by atoms with van der Waals surface area (Å²) < 4.78 is 7.61. The molecule has 3 N–H and O–H groups in total. The van der Waals surface area contributed by atoms with Crippen molar-refractivity contribution in [2.24, 2.45) is 0 Å². The highest BCUT2D eigenvalue weighted by Crippen LogP contribution is 2.35. The minimum absolute atomic E-state index is 0.297. The monoisotopic (exact) mass is 441 g/mol. The molecular weight excluding hydrogens is 418 g/mol. The number of rotatable bonds is 5. The van der Waals surface area contributed by atoms with Gasteiger partial charge in [0.15, 0.2) is 11.5 Å². The number of methoxy groups -OCH3 is 1. The van der Waals surface area contributed by atoms with Gasteiger partial charge in [-0.05, 0) is 24.6 Å². The van der Waals surface area contributed by atoms with E-state index >= 15 is 0 Å². The molecule has 0 amide bonds. The van der Waals surface area contributed by atoms with E-state index in [1.165, 1.54) is 0 Å². The Morgan fingerprint density at radius 2 is 2.15 bits per heavy atom. The number of aromatic amines is 1. The molecule has 4 heterocycles. The Bertz CT molecular complexity index is 1460. The Morgan fingerprint density at radius 1 is 1.21 bits per heavy atom. The Labute approximate surface area is 189 Å². The first-order chi connectivity index (χ1) is 16.2. The number of imidazole rings is 1. The fraction of sp³-hybridized carbons (Fsp3) is 0.208. The quantitative estimate of drug-likeness (QED) is 0.383. The summed E-state index contributed by atoms with van der Waals surface area (Å²) in [7, 11) is 1.66. The highest BCUT2D eigenvalue weighted by atomic mass is 16.5. The van der Waals surface area contributed by atoms with Crippen molar-refractivity contribution in [1.82, 2.24) is 24.6 Å². The topological polar surface area (TPSA) is 104 Å². The summed E-state index contributed by atoms with van der Waals surface area (Å²) in [6, 6.07) is 12.1. The standard InChI is InChI=1S/C24H23N7O2/c1-33-22-11-17(4-5-21(22)30-8-6-18(32)13-30)27-23-24-25-7-9-31(24)14-20(28-23)15-2-3-16-12-26-29-19(16)10-15/h2-5,7,9-12,14,18,32H,6,8,13H2,1H3,(H,26,29)(H,27,28)/t18-/m0/s1. The van der Waals surface area contributed by atoms with Gasteiger partial charge in [0.1, 0.15) is 5.75 Å². The van der Waals surface area contributed by atoms with Gasteiger partial charge in [-0.25, -0.2) is 9.97 Å². The van der Waals surface area contributed by atoms with E-state index in [2.05, 4.69) is 25.4 Å². The number of hydrogen-bond acceptors (Lipinski definition) is 7. The maximum Gasteiger partial charge on any atom is 0.180 e. The maximum atomic E-state index is 9.90. The van der Waals surface area contributed by atoms with E-state index in [9.17, 15) is 5.11 Å². The lowest BCUT2D eigenvalue weighted by atomic mass is 10.1. The van der Waals surface area contributed by atoms with Gasteiger partial charge >= 0.3 is 0 Å². The third-order valence-corrected chi connectivity index (χ3v) is 6.06. The number of nitrogens with one attached hydrogen (secondary N) is 2. The predicted molar refractivity (Wildman–Crippen MR) is 127 cm³/mol. The summed E-state index contributed by atoms with van der Waals surface area (Å²) in [6.45, 7) is 1.42. The molecule has 0 aliphatic carbocycles. The number of hydrogen-bond donors (Lipinski definition) is 3. The molecule has 9 nitrogen and oxygen atoms in total. The molecule has 166 valence electrons. The summed E-state index contributed by atoms with van der Waals surface area (Å²) in [4.78, 5) is 11.5. The van der Waals surface area contributed by atoms with E-state index in [0.717, 1.165) is 57.9 Å². The molecule has 0 unspecified atom stereocenters. The van der Waals surface area contributed by atoms with Crippen molar-refractivity contribution in [3.8, 4) is 17.0 Å². The number of β-amino-alcohol motifs (C(OH)–C–C–N with tert-alkyl or cyclic N) is 1. The van der Waals surface area contributed by atoms with Gasteiger partial charge in [0.05, 0.1) is 36.3 Å². The van der Waals surface area contributed by atoms with Crippen LogP contribution < -0.4 is 15.0 Å². The van der Waals surface area contributed by atoms with Gasteiger partial charge in [-0.15, -0.1) is 0 Å². The van der Waals surface area contributed by atoms with E-state index in [0.29, 0.717) is 12.4 Å². The van der Waals surface area contributed by atoms with Crippen LogP contribution in [0.4, 0.5) is 17.2 Å². The number of ether oxygens (including phenoxy) is 1. The van der Waals surface area contributed by atoms with Crippen LogP contribution in [0.15, 0.2) is 61.2 Å². The van der Waals surface area contributed by atoms with E-state index in [-0.39, 0.29) is 6.10 Å². The molecule has 9 heteroatoms. The summed E-state index contributed by atoms with van der Waals surface area (Å²) >= 11 is 0. The number of benzene rings is 2. The SMILES string of the molecule is COc1cc(Nc2nc(-c3ccc4cn[nH]c4c3)cn3ccnc23)ccc1N1CC[C@H](O)C1. The molecule has 1 aliphatic heterocycles. The normalized spacial score (nSPS) is 16.1. The van der Waals surface area contributed by atoms with Crippen molar-refractivity contribution in [2.75, 3.05) is 30.4 Å². The largest absolute Gasteiger partial charge is 0.495 e. The Balaban J connectivity index is 1.37. The summed E-state index contributed by atoms with van der Waals surface area (Å²) in [5.74, 6) is 1.39. The lowest BCUT2D eigenvalue weighted by Gasteiger charge is -2.21. The van der Waals surface area contributed by atoms with Gasteiger partial charge in [-0.1, -0.05) is 12.1 Å². The number of aromatic nitrogens is 5. The highest BCUT2D eigenvalue weighted by Gasteiger charge is 2.23. The molecular formula is C24H23N7O2. The summed E-state index contributed by atoms with van der Waals surface area (Å²) in [5.41, 5.74) is 5.29. The molecule has 0 bridgehead atoms. The van der Waals surface area contributed by atoms with Crippen LogP contribution in [0.2, 0.25) is 0 Å². The van der Waals surface area contributed by atoms with Crippen LogP contribution in [-0.4, -0.2) is 56.0 Å². The zero-order chi connectivity index (χ0) is 22.4. The third kappa shape index (κ3) is 3.52. The van der Waals surface area contributed by atoms with Crippen LogP contribution in [0.3, 0.4) is 0 Å². The van der Waals surface area contributed by atoms with Crippen molar-refractivity contribution in [1.29, 1.82) is 0 Å². The van der Waals surface area contributed by atoms with E-state index in [4.69, 9.17) is 9.72 Å². The highest BCUT2D eigenvalue weighted by molar-refractivity contribution is 5.84. The lowest BCUT2D eigenvalue weighted by molar-refractivity contribution is 0.198. The average molecular weight is 441 g/mol. The molecule has 0 spiro atoms. The first-order valence-electron chi connectivity index (χ1n) is 10.8. The van der Waals surface area contributed by atoms with Crippen molar-refractivity contribution in [3.05, 3.63) is 61.2 Å². The van der Waals surface area contributed by atoms with Gasteiger partial charge in [-0.3, -0.25) is 5.10 Å². The molecule has 1 aliphatic rings. The van der Waals surface area contributed by atoms with Crippen LogP contribution in [0.1, 0.15) is 6.42 Å². The van der Waals surface area contributed by atoms with Crippen molar-refractivity contribution in [3.63, 3.8) is 0 Å². The van der Waals surface area contributed by atoms with Crippen molar-refractivity contribution < 1.29 is 9.84 Å². The van der Waals surface area contributed by atoms with Crippen LogP contribution in [0.5, 0.6) is 5.75 Å². The second-order valence-corrected chi connectivity index (χ2v) is 8.21. The van der Waals surface area contributed by atoms with E-state index in [1.807, 2.05) is 53.2 Å². The van der Waals surface area contributed by atoms with E-state index in [1.54, 1.807) is 19.5 Å². The van der Waals surface area contributed by atoms with Gasteiger partial charge in [0, 0.05) is 54.4 Å². The molecule has 0 radical (unpaired) electrons. The van der Waals surface area contributed by atoms with Crippen LogP contribution >= 0.6 is 0 Å². The van der Waals surface area contributed by atoms with Gasteiger partial charge in [0.2, 0.25) is 0 Å². The summed E-state index contributed by atoms with van der Waals surface area (Å²) in [6.07, 6.45) is 7.90. The Kier molecular flexibility index (Phi) is 4.62. The molecule has 33 heavy (non-hydrogen) atoms. The number of fused-ring (bicyclic) bond motifs is 2. The molecule has 2 aromatic carbocycles. The van der Waals surface area contributed by atoms with Crippen LogP contribution in [0, 0.1) is 0 Å². The minimum Gasteiger partial charge on any atom is -0.495 e. The molecule has 1 fully saturated rings. The fourth-order valence-electron chi connectivity index (χ4n) is 4.36. The first kappa shape index (κ1) is 19.6. The predicted octanol–water partition coefficient (Wildman–Crippen LogP) is 3.60. The zero-order valence-corrected chi connectivity index (χ0v) is 18.1. The number of aliphatic hydroxyl groups excluding tert-OH is 1. The van der Waals surface area contributed by atoms with Crippen molar-refractivity contribution >= 4 is 33.7 Å². The van der Waals surface area contributed by atoms with E-state index < -0.39 is 0 Å². The first-order valence-corrected chi connectivity index (χ1v) is 10.8. The van der Waals surface area contributed by atoms with Gasteiger partial charge in [0.25, 0.3) is 0 Å². The molecule has 5 aromatic rings. The molecule has 1 atom stereocenters. The molecule has 1 saturated heterocycles. The molecule has 6 rings (SSSR count). The molecule has 0 saturated carbocycles. The number of aliphatic hydroxyl groups is 1. The van der Waals surface area contributed by atoms with Gasteiger partial charge < -0.3 is 24.5 Å². The number of nitrogens with zero attached hydrogens (tertiary/aromatic N) is 5. The smallest absolute Gasteiger partial charge is 0.180 e. The van der Waals surface area contributed by atoms with Crippen molar-refractivity contribution in [2.45, 2.75) is 12.5 Å². The minimum atomic E-state index is -0.297. The van der Waals surface area contributed by atoms with Crippen LogP contribution in [0.25, 0.3) is 27.8 Å². The average Bonchev–Trinajstić information content (AvgIpc) is 3.59. The Hall–Kier alpha value is -4.11. The lowest BCUT2D eigenvalue weighted by Crippen LogP contribution is -2.21. The Morgan fingerprint density at radius 3 is 3.00 bits per heavy atom. The zero-order valence-electron chi connectivity index (χ0n) is 18.1. The maximum absolute atomic E-state index is 9.90. The molecule has 3 aromatic heterocycles. The van der Waals surface area contributed by atoms with Gasteiger partial charge in [-0.2, -0.15) is 5.10 Å². The van der Waals surface area contributed by atoms with Crippen LogP contribution in [-0.2, 0) is 0 Å². The second kappa shape index (κ2) is 7.79. The third-order valence-electron chi connectivity index (χ3n) is 6.06. The second-order valence-electron chi connectivity index (χ2n) is 8.21. The fourth-order valence-corrected chi connectivity index (χ4v) is 4.36. The number of H-pyrrole nitrogens is 1. The number of anilines is 3. The summed E-state index contributed by atoms with van der Waals surface area (Å²) in [5, 5.41) is 21.5.